The number of fused-ring (bicyclic) bond motifs is 1. The van der Waals surface area contributed by atoms with E-state index in [1.807, 2.05) is 54.6 Å². The van der Waals surface area contributed by atoms with Crippen molar-refractivity contribution >= 4 is 58.1 Å². The first kappa shape index (κ1) is 34.1. The highest BCUT2D eigenvalue weighted by atomic mass is 16.4. The number of carbonyl (C=O) groups is 5. The number of anilines is 3. The second kappa shape index (κ2) is 15.5. The number of nitrogens with one attached hydrogen (secondary N) is 2. The Morgan fingerprint density at radius 1 is 0.851 bits per heavy atom. The number of likely N-dealkylation sites (N-methyl/N-ethyl adjacent to an activating group) is 2. The Labute approximate surface area is 271 Å². The quantitative estimate of drug-likeness (QED) is 0.217. The van der Waals surface area contributed by atoms with Crippen LogP contribution in [0.15, 0.2) is 84.9 Å². The molecule has 13 heteroatoms. The molecule has 13 nitrogen and oxygen atoms in total. The molecule has 2 aliphatic heterocycles. The molecule has 5 rings (SSSR count). The van der Waals surface area contributed by atoms with Crippen molar-refractivity contribution in [1.82, 2.24) is 9.80 Å². The van der Waals surface area contributed by atoms with Gasteiger partial charge in [0, 0.05) is 62.3 Å². The number of carboxylic acid groups (broad SMARTS) is 3. The molecule has 0 aliphatic carbocycles. The first-order valence-corrected chi connectivity index (χ1v) is 14.6. The summed E-state index contributed by atoms with van der Waals surface area (Å²) in [5, 5.41) is 31.2. The smallest absolute Gasteiger partial charge is 0.335 e. The van der Waals surface area contributed by atoms with Gasteiger partial charge in [-0.25, -0.2) is 14.4 Å². The predicted molar refractivity (Wildman–Crippen MR) is 177 cm³/mol. The zero-order chi connectivity index (χ0) is 34.1. The maximum Gasteiger partial charge on any atom is 0.335 e. The van der Waals surface area contributed by atoms with E-state index < -0.39 is 17.9 Å². The van der Waals surface area contributed by atoms with Gasteiger partial charge in [0.1, 0.15) is 0 Å². The van der Waals surface area contributed by atoms with Gasteiger partial charge < -0.3 is 35.8 Å². The van der Waals surface area contributed by atoms with E-state index in [0.717, 1.165) is 43.1 Å². The minimum Gasteiger partial charge on any atom is -0.478 e. The molecule has 1 fully saturated rings. The number of rotatable bonds is 9. The Balaban J connectivity index is 0.000000555. The molecule has 0 spiro atoms. The minimum atomic E-state index is -1.26. The summed E-state index contributed by atoms with van der Waals surface area (Å²) >= 11 is 0. The first-order chi connectivity index (χ1) is 22.4. The van der Waals surface area contributed by atoms with Crippen molar-refractivity contribution in [2.75, 3.05) is 62.4 Å². The Kier molecular flexibility index (Phi) is 11.2. The number of aromatic carboxylic acids is 1. The van der Waals surface area contributed by atoms with Crippen molar-refractivity contribution in [1.29, 1.82) is 0 Å². The summed E-state index contributed by atoms with van der Waals surface area (Å²) in [5.74, 6) is -3.85. The highest BCUT2D eigenvalue weighted by Crippen LogP contribution is 2.38. The summed E-state index contributed by atoms with van der Waals surface area (Å²) in [4.78, 5) is 62.6. The summed E-state index contributed by atoms with van der Waals surface area (Å²) in [6.45, 7) is 4.06. The lowest BCUT2D eigenvalue weighted by molar-refractivity contribution is -0.134. The predicted octanol–water partition coefficient (Wildman–Crippen LogP) is 3.24. The Morgan fingerprint density at radius 2 is 1.47 bits per heavy atom. The molecular formula is C34H35N5O8. The summed E-state index contributed by atoms with van der Waals surface area (Å²) < 4.78 is 0. The van der Waals surface area contributed by atoms with E-state index in [-0.39, 0.29) is 17.4 Å². The number of carbonyl (C=O) groups excluding carboxylic acids is 2. The number of benzene rings is 3. The van der Waals surface area contributed by atoms with Crippen LogP contribution in [0.4, 0.5) is 17.1 Å². The third-order valence-electron chi connectivity index (χ3n) is 7.54. The molecule has 244 valence electrons. The standard InChI is InChI=1S/C30H31N5O4.C4H4O4/c1-33-14-16-35(17-15-33)19-26(36)34(2)23-11-9-22(10-12-23)31-28(20-6-4-3-5-7-20)27-24-13-8-21(30(38)39)18-25(24)32-29(27)37;5-3(6)1-2-4(7)8/h3-13,18,31H,14-17,19H2,1-2H3,(H,32,37)(H,38,39);1-2H,(H,5,6)(H,7,8)/b28-27-;2-1-. The fourth-order valence-electron chi connectivity index (χ4n) is 4.94. The van der Waals surface area contributed by atoms with Crippen molar-refractivity contribution in [2.45, 2.75) is 0 Å². The highest BCUT2D eigenvalue weighted by molar-refractivity contribution is 6.37. The van der Waals surface area contributed by atoms with Gasteiger partial charge in [-0.3, -0.25) is 14.5 Å². The van der Waals surface area contributed by atoms with Crippen LogP contribution in [0.25, 0.3) is 11.3 Å². The fourth-order valence-corrected chi connectivity index (χ4v) is 4.94. The van der Waals surface area contributed by atoms with E-state index in [9.17, 15) is 29.1 Å². The maximum atomic E-state index is 13.1. The highest BCUT2D eigenvalue weighted by Gasteiger charge is 2.29. The van der Waals surface area contributed by atoms with E-state index in [1.54, 1.807) is 18.0 Å². The zero-order valence-electron chi connectivity index (χ0n) is 25.8. The summed E-state index contributed by atoms with van der Waals surface area (Å²) in [7, 11) is 3.87. The van der Waals surface area contributed by atoms with Gasteiger partial charge in [-0.05, 0) is 49.0 Å². The summed E-state index contributed by atoms with van der Waals surface area (Å²) in [5.41, 5.74) is 4.54. The second-order valence-electron chi connectivity index (χ2n) is 10.8. The number of hydrogen-bond acceptors (Lipinski definition) is 8. The van der Waals surface area contributed by atoms with Crippen LogP contribution in [-0.2, 0) is 19.2 Å². The van der Waals surface area contributed by atoms with Crippen molar-refractivity contribution in [3.63, 3.8) is 0 Å². The molecular weight excluding hydrogens is 606 g/mol. The lowest BCUT2D eigenvalue weighted by Gasteiger charge is -2.32. The molecule has 0 bridgehead atoms. The SMILES string of the molecule is CN1CCN(CC(=O)N(C)c2ccc(N/C(=C3\C(=O)Nc4cc(C(=O)O)ccc43)c3ccccc3)cc2)CC1.O=C(O)/C=C\C(=O)O. The molecule has 0 unspecified atom stereocenters. The molecule has 47 heavy (non-hydrogen) atoms. The van der Waals surface area contributed by atoms with Crippen LogP contribution in [-0.4, -0.2) is 102 Å². The average molecular weight is 642 g/mol. The van der Waals surface area contributed by atoms with Gasteiger partial charge >= 0.3 is 17.9 Å². The number of piperazine rings is 1. The molecule has 2 amide bonds. The van der Waals surface area contributed by atoms with Crippen LogP contribution in [0.3, 0.4) is 0 Å². The van der Waals surface area contributed by atoms with Crippen molar-refractivity contribution in [3.8, 4) is 0 Å². The number of nitrogens with zero attached hydrogens (tertiary/aromatic N) is 3. The molecule has 0 aromatic heterocycles. The van der Waals surface area contributed by atoms with Crippen molar-refractivity contribution in [3.05, 3.63) is 102 Å². The number of hydrogen-bond donors (Lipinski definition) is 5. The molecule has 0 saturated carbocycles. The van der Waals surface area contributed by atoms with Crippen molar-refractivity contribution < 1.29 is 39.3 Å². The van der Waals surface area contributed by atoms with Gasteiger partial charge in [-0.1, -0.05) is 36.4 Å². The fraction of sp³-hybridized carbons (Fsp3) is 0.206. The topological polar surface area (TPSA) is 180 Å². The third kappa shape index (κ3) is 9.12. The van der Waals surface area contributed by atoms with E-state index in [2.05, 4.69) is 27.5 Å². The van der Waals surface area contributed by atoms with Crippen molar-refractivity contribution in [2.24, 2.45) is 0 Å². The van der Waals surface area contributed by atoms with Gasteiger partial charge in [0.25, 0.3) is 5.91 Å². The molecule has 0 radical (unpaired) electrons. The van der Waals surface area contributed by atoms with Crippen LogP contribution in [0.1, 0.15) is 21.5 Å². The summed E-state index contributed by atoms with van der Waals surface area (Å²) in [6, 6.07) is 21.6. The van der Waals surface area contributed by atoms with Crippen LogP contribution in [0.5, 0.6) is 0 Å². The minimum absolute atomic E-state index is 0.0346. The normalized spacial score (nSPS) is 15.6. The van der Waals surface area contributed by atoms with Gasteiger partial charge in [0.2, 0.25) is 5.91 Å². The Morgan fingerprint density at radius 3 is 2.04 bits per heavy atom. The molecule has 3 aromatic rings. The number of carboxylic acids is 3. The van der Waals surface area contributed by atoms with E-state index >= 15 is 0 Å². The van der Waals surface area contributed by atoms with Crippen LogP contribution in [0.2, 0.25) is 0 Å². The Hall–Kier alpha value is -5.79. The second-order valence-corrected chi connectivity index (χ2v) is 10.8. The number of amides is 2. The van der Waals surface area contributed by atoms with Crippen LogP contribution < -0.4 is 15.5 Å². The maximum absolute atomic E-state index is 13.1. The van der Waals surface area contributed by atoms with Gasteiger partial charge in [-0.2, -0.15) is 0 Å². The van der Waals surface area contributed by atoms with Gasteiger partial charge in [0.15, 0.2) is 0 Å². The zero-order valence-corrected chi connectivity index (χ0v) is 25.8. The largest absolute Gasteiger partial charge is 0.478 e. The molecule has 2 heterocycles. The molecule has 0 atom stereocenters. The monoisotopic (exact) mass is 641 g/mol. The van der Waals surface area contributed by atoms with Gasteiger partial charge in [0.05, 0.1) is 29.1 Å². The third-order valence-corrected chi connectivity index (χ3v) is 7.54. The molecule has 1 saturated heterocycles. The van der Waals surface area contributed by atoms with Crippen LogP contribution >= 0.6 is 0 Å². The van der Waals surface area contributed by atoms with E-state index in [4.69, 9.17) is 10.2 Å². The molecule has 5 N–H and O–H groups in total. The Bertz CT molecular complexity index is 1700. The molecule has 2 aliphatic rings. The number of aliphatic carboxylic acids is 2. The van der Waals surface area contributed by atoms with E-state index in [0.29, 0.717) is 41.2 Å². The van der Waals surface area contributed by atoms with E-state index in [1.165, 1.54) is 12.1 Å². The average Bonchev–Trinajstić information content (AvgIpc) is 3.38. The molecule has 3 aromatic carbocycles. The first-order valence-electron chi connectivity index (χ1n) is 14.6. The van der Waals surface area contributed by atoms with Crippen LogP contribution in [0, 0.1) is 0 Å². The summed E-state index contributed by atoms with van der Waals surface area (Å²) in [6.07, 6.45) is 1.12. The van der Waals surface area contributed by atoms with Gasteiger partial charge in [-0.15, -0.1) is 0 Å². The lowest BCUT2D eigenvalue weighted by atomic mass is 9.99. The lowest BCUT2D eigenvalue weighted by Crippen LogP contribution is -2.48.